The van der Waals surface area contributed by atoms with Crippen molar-refractivity contribution in [1.82, 2.24) is 9.47 Å². The molecule has 0 aliphatic carbocycles. The van der Waals surface area contributed by atoms with Gasteiger partial charge in [0.1, 0.15) is 0 Å². The number of thioether (sulfide) groups is 1. The van der Waals surface area contributed by atoms with Gasteiger partial charge in [-0.15, -0.1) is 0 Å². The van der Waals surface area contributed by atoms with Crippen LogP contribution in [0.25, 0.3) is 11.8 Å². The van der Waals surface area contributed by atoms with Gasteiger partial charge in [0.2, 0.25) is 0 Å². The van der Waals surface area contributed by atoms with Gasteiger partial charge in [-0.05, 0) is 47.7 Å². The number of carboxylic acid groups (broad SMARTS) is 1. The van der Waals surface area contributed by atoms with E-state index in [2.05, 4.69) is 0 Å². The predicted molar refractivity (Wildman–Crippen MR) is 83.8 cm³/mol. The lowest BCUT2D eigenvalue weighted by molar-refractivity contribution is -0.255. The van der Waals surface area contributed by atoms with Crippen molar-refractivity contribution in [3.63, 3.8) is 0 Å². The maximum Gasteiger partial charge on any atom is 0.293 e. The Labute approximate surface area is 136 Å². The zero-order chi connectivity index (χ0) is 16.6. The van der Waals surface area contributed by atoms with E-state index in [0.717, 1.165) is 16.7 Å². The molecule has 116 valence electrons. The molecule has 0 N–H and O–H groups in total. The highest BCUT2D eigenvalue weighted by Crippen LogP contribution is 2.31. The molecule has 1 fully saturated rings. The largest absolute Gasteiger partial charge is 0.545 e. The van der Waals surface area contributed by atoms with Crippen molar-refractivity contribution in [2.45, 2.75) is 0 Å². The molecule has 2 heterocycles. The first-order valence-corrected chi connectivity index (χ1v) is 7.50. The van der Waals surface area contributed by atoms with Crippen LogP contribution in [0.2, 0.25) is 0 Å². The highest BCUT2D eigenvalue weighted by molar-refractivity contribution is 8.18. The van der Waals surface area contributed by atoms with Crippen molar-refractivity contribution in [2.24, 2.45) is 0 Å². The van der Waals surface area contributed by atoms with Crippen LogP contribution in [0.4, 0.5) is 4.79 Å². The van der Waals surface area contributed by atoms with Crippen molar-refractivity contribution < 1.29 is 19.5 Å². The standard InChI is InChI=1S/C16H12N2O4S/c1-17-14(19)13(23-16(17)22)9-12-6-3-7-18(12)11-5-2-4-10(8-11)15(20)21/h2-9H,1H3,(H,20,21)/p-1/b13-9-. The van der Waals surface area contributed by atoms with E-state index in [4.69, 9.17) is 0 Å². The van der Waals surface area contributed by atoms with Crippen LogP contribution in [0.3, 0.4) is 0 Å². The van der Waals surface area contributed by atoms with Gasteiger partial charge in [-0.25, -0.2) is 0 Å². The molecule has 1 aromatic heterocycles. The maximum absolute atomic E-state index is 12.0. The molecule has 1 aliphatic rings. The van der Waals surface area contributed by atoms with Crippen LogP contribution < -0.4 is 5.11 Å². The summed E-state index contributed by atoms with van der Waals surface area (Å²) >= 11 is 0.873. The van der Waals surface area contributed by atoms with Crippen LogP contribution in [0.15, 0.2) is 47.5 Å². The second-order valence-electron chi connectivity index (χ2n) is 4.88. The molecule has 2 aromatic rings. The Morgan fingerprint density at radius 3 is 2.65 bits per heavy atom. The number of imide groups is 1. The fourth-order valence-corrected chi connectivity index (χ4v) is 3.02. The van der Waals surface area contributed by atoms with Gasteiger partial charge in [0.25, 0.3) is 11.1 Å². The fourth-order valence-electron chi connectivity index (χ4n) is 2.21. The third kappa shape index (κ3) is 2.78. The van der Waals surface area contributed by atoms with Crippen LogP contribution in [0, 0.1) is 0 Å². The number of carbonyl (C=O) groups is 3. The molecule has 6 nitrogen and oxygen atoms in total. The number of likely N-dealkylation sites (N-methyl/N-ethyl adjacent to an activating group) is 1. The predicted octanol–water partition coefficient (Wildman–Crippen LogP) is 1.51. The average molecular weight is 327 g/mol. The Balaban J connectivity index is 2.01. The van der Waals surface area contributed by atoms with Gasteiger partial charge >= 0.3 is 0 Å². The summed E-state index contributed by atoms with van der Waals surface area (Å²) < 4.78 is 1.73. The molecule has 0 saturated carbocycles. The quantitative estimate of drug-likeness (QED) is 0.798. The van der Waals surface area contributed by atoms with Gasteiger partial charge in [0, 0.05) is 24.6 Å². The topological polar surface area (TPSA) is 82.4 Å². The van der Waals surface area contributed by atoms with E-state index in [-0.39, 0.29) is 16.7 Å². The number of aromatic carboxylic acids is 1. The van der Waals surface area contributed by atoms with Gasteiger partial charge in [0.15, 0.2) is 0 Å². The molecule has 2 amide bonds. The van der Waals surface area contributed by atoms with Crippen LogP contribution in [-0.4, -0.2) is 33.6 Å². The van der Waals surface area contributed by atoms with Crippen molar-refractivity contribution in [1.29, 1.82) is 0 Å². The third-order valence-electron chi connectivity index (χ3n) is 3.41. The molecule has 0 unspecified atom stereocenters. The van der Waals surface area contributed by atoms with E-state index >= 15 is 0 Å². The first-order chi connectivity index (χ1) is 11.0. The van der Waals surface area contributed by atoms with Gasteiger partial charge < -0.3 is 14.5 Å². The highest BCUT2D eigenvalue weighted by Gasteiger charge is 2.31. The second-order valence-corrected chi connectivity index (χ2v) is 5.87. The van der Waals surface area contributed by atoms with Gasteiger partial charge in [-0.1, -0.05) is 12.1 Å². The van der Waals surface area contributed by atoms with Crippen LogP contribution in [0.5, 0.6) is 0 Å². The van der Waals surface area contributed by atoms with Crippen molar-refractivity contribution in [3.8, 4) is 5.69 Å². The fraction of sp³-hybridized carbons (Fsp3) is 0.0625. The molecule has 0 radical (unpaired) electrons. The summed E-state index contributed by atoms with van der Waals surface area (Å²) in [6.07, 6.45) is 3.36. The Bertz CT molecular complexity index is 853. The van der Waals surface area contributed by atoms with E-state index in [9.17, 15) is 19.5 Å². The number of carbonyl (C=O) groups excluding carboxylic acids is 3. The summed E-state index contributed by atoms with van der Waals surface area (Å²) in [6, 6.07) is 9.84. The SMILES string of the molecule is CN1C(=O)S/C(=C\c2cccn2-c2cccc(C(=O)[O-])c2)C1=O. The number of hydrogen-bond donors (Lipinski definition) is 0. The Kier molecular flexibility index (Phi) is 3.79. The lowest BCUT2D eigenvalue weighted by Gasteiger charge is -2.10. The first kappa shape index (κ1) is 15.1. The minimum Gasteiger partial charge on any atom is -0.545 e. The smallest absolute Gasteiger partial charge is 0.293 e. The minimum absolute atomic E-state index is 0.0658. The molecule has 0 spiro atoms. The second kappa shape index (κ2) is 5.77. The van der Waals surface area contributed by atoms with E-state index in [1.807, 2.05) is 0 Å². The molecule has 23 heavy (non-hydrogen) atoms. The van der Waals surface area contributed by atoms with Crippen LogP contribution in [-0.2, 0) is 4.79 Å². The summed E-state index contributed by atoms with van der Waals surface area (Å²) in [4.78, 5) is 35.9. The average Bonchev–Trinajstić information content (AvgIpc) is 3.09. The summed E-state index contributed by atoms with van der Waals surface area (Å²) in [7, 11) is 1.43. The van der Waals surface area contributed by atoms with E-state index in [1.54, 1.807) is 41.1 Å². The number of amides is 2. The number of nitrogens with zero attached hydrogens (tertiary/aromatic N) is 2. The summed E-state index contributed by atoms with van der Waals surface area (Å²) in [5.41, 5.74) is 1.36. The molecule has 3 rings (SSSR count). The number of hydrogen-bond acceptors (Lipinski definition) is 5. The Morgan fingerprint density at radius 1 is 1.22 bits per heavy atom. The molecule has 1 aromatic carbocycles. The van der Waals surface area contributed by atoms with Gasteiger partial charge in [0.05, 0.1) is 10.9 Å². The lowest BCUT2D eigenvalue weighted by atomic mass is 10.2. The normalized spacial score (nSPS) is 16.4. The van der Waals surface area contributed by atoms with Crippen molar-refractivity contribution in [3.05, 3.63) is 58.8 Å². The number of rotatable bonds is 3. The van der Waals surface area contributed by atoms with E-state index < -0.39 is 5.97 Å². The van der Waals surface area contributed by atoms with Crippen LogP contribution in [0.1, 0.15) is 16.1 Å². The summed E-state index contributed by atoms with van der Waals surface area (Å²) in [5.74, 6) is -1.61. The van der Waals surface area contributed by atoms with Gasteiger partial charge in [-0.3, -0.25) is 14.5 Å². The Morgan fingerprint density at radius 2 is 2.00 bits per heavy atom. The summed E-state index contributed by atoms with van der Waals surface area (Å²) in [6.45, 7) is 0. The molecule has 1 saturated heterocycles. The molecule has 7 heteroatoms. The van der Waals surface area contributed by atoms with Crippen LogP contribution >= 0.6 is 11.8 Å². The first-order valence-electron chi connectivity index (χ1n) is 6.68. The van der Waals surface area contributed by atoms with Crippen molar-refractivity contribution >= 4 is 35.0 Å². The monoisotopic (exact) mass is 327 g/mol. The Hall–Kier alpha value is -2.80. The third-order valence-corrected chi connectivity index (χ3v) is 4.37. The molecule has 0 atom stereocenters. The van der Waals surface area contributed by atoms with E-state index in [0.29, 0.717) is 16.3 Å². The maximum atomic E-state index is 12.0. The van der Waals surface area contributed by atoms with Gasteiger partial charge in [-0.2, -0.15) is 0 Å². The molecule has 1 aliphatic heterocycles. The summed E-state index contributed by atoms with van der Waals surface area (Å²) in [5, 5.41) is 10.7. The highest BCUT2D eigenvalue weighted by atomic mass is 32.2. The van der Waals surface area contributed by atoms with E-state index in [1.165, 1.54) is 19.2 Å². The molecular formula is C16H11N2O4S-. The molecule has 0 bridgehead atoms. The van der Waals surface area contributed by atoms with Crippen molar-refractivity contribution in [2.75, 3.05) is 7.05 Å². The zero-order valence-corrected chi connectivity index (χ0v) is 12.9. The molecular weight excluding hydrogens is 316 g/mol. The number of carboxylic acids is 1. The lowest BCUT2D eigenvalue weighted by Crippen LogP contribution is -2.22. The zero-order valence-electron chi connectivity index (χ0n) is 12.1. The number of aromatic nitrogens is 1. The number of benzene rings is 1. The minimum atomic E-state index is -1.26.